The molecule has 14 heteroatoms. The molecule has 0 saturated carbocycles. The monoisotopic (exact) mass is 631 g/mol. The van der Waals surface area contributed by atoms with E-state index in [4.69, 9.17) is 25.8 Å². The largest absolute Gasteiger partial charge is 0.493 e. The minimum absolute atomic E-state index is 0.137. The molecule has 0 unspecified atom stereocenters. The predicted octanol–water partition coefficient (Wildman–Crippen LogP) is 4.64. The number of rotatable bonds is 8. The number of hydrogen-bond acceptors (Lipinski definition) is 10. The molecule has 224 valence electrons. The maximum Gasteiger partial charge on any atom is 0.254 e. The van der Waals surface area contributed by atoms with Crippen molar-refractivity contribution < 1.29 is 22.6 Å². The average Bonchev–Trinajstić information content (AvgIpc) is 3.53. The summed E-state index contributed by atoms with van der Waals surface area (Å²) in [6, 6.07) is 18.6. The van der Waals surface area contributed by atoms with Crippen LogP contribution in [-0.2, 0) is 10.0 Å². The van der Waals surface area contributed by atoms with E-state index in [2.05, 4.69) is 20.0 Å². The third kappa shape index (κ3) is 5.35. The molecule has 12 nitrogen and oxygen atoms in total. The standard InChI is InChI=1S/C30H26ClN7O5S/c1-41-27-11-6-20(16-28(27)42-2)24-18-33-30-34-19-35-38(30)29(24)36-12-14-37(15-13-36)44(39,40)22-9-7-21(8-10-22)43-26-5-3-4-25(31)23(26)17-32/h3-11,16,18-19H,12-15H2,1-2H3. The zero-order valence-corrected chi connectivity index (χ0v) is 25.3. The van der Waals surface area contributed by atoms with Crippen molar-refractivity contribution in [1.82, 2.24) is 23.9 Å². The zero-order valence-electron chi connectivity index (χ0n) is 23.7. The molecule has 0 N–H and O–H groups in total. The van der Waals surface area contributed by atoms with Gasteiger partial charge in [0.2, 0.25) is 10.0 Å². The van der Waals surface area contributed by atoms with Gasteiger partial charge in [0, 0.05) is 37.9 Å². The second-order valence-corrected chi connectivity index (χ2v) is 12.1. The number of anilines is 1. The summed E-state index contributed by atoms with van der Waals surface area (Å²) in [5, 5.41) is 14.1. The molecular weight excluding hydrogens is 606 g/mol. The Hall–Kier alpha value is -4.90. The van der Waals surface area contributed by atoms with Crippen LogP contribution in [0.4, 0.5) is 5.82 Å². The van der Waals surface area contributed by atoms with Gasteiger partial charge in [-0.1, -0.05) is 23.7 Å². The van der Waals surface area contributed by atoms with Crippen LogP contribution in [0.25, 0.3) is 16.9 Å². The van der Waals surface area contributed by atoms with E-state index >= 15 is 0 Å². The van der Waals surface area contributed by atoms with Crippen molar-refractivity contribution >= 4 is 33.2 Å². The minimum atomic E-state index is -3.79. The van der Waals surface area contributed by atoms with Gasteiger partial charge in [-0.25, -0.2) is 13.4 Å². The van der Waals surface area contributed by atoms with Gasteiger partial charge in [-0.2, -0.15) is 24.2 Å². The lowest BCUT2D eigenvalue weighted by Crippen LogP contribution is -2.49. The quantitative estimate of drug-likeness (QED) is 0.238. The normalized spacial score (nSPS) is 13.9. The number of halogens is 1. The van der Waals surface area contributed by atoms with E-state index in [1.807, 2.05) is 24.3 Å². The Morgan fingerprint density at radius 1 is 0.909 bits per heavy atom. The minimum Gasteiger partial charge on any atom is -0.493 e. The van der Waals surface area contributed by atoms with Crippen LogP contribution >= 0.6 is 11.6 Å². The first-order valence-electron chi connectivity index (χ1n) is 13.5. The van der Waals surface area contributed by atoms with Crippen LogP contribution in [0, 0.1) is 11.3 Å². The molecule has 1 aliphatic heterocycles. The molecule has 0 spiro atoms. The molecule has 0 atom stereocenters. The summed E-state index contributed by atoms with van der Waals surface area (Å²) in [5.74, 6) is 3.02. The van der Waals surface area contributed by atoms with E-state index in [0.717, 1.165) is 16.9 Å². The summed E-state index contributed by atoms with van der Waals surface area (Å²) in [7, 11) is -0.635. The highest BCUT2D eigenvalue weighted by atomic mass is 35.5. The molecule has 6 rings (SSSR count). The van der Waals surface area contributed by atoms with E-state index in [1.54, 1.807) is 55.3 Å². The Bertz CT molecular complexity index is 1990. The average molecular weight is 632 g/mol. The maximum absolute atomic E-state index is 13.6. The fourth-order valence-corrected chi connectivity index (χ4v) is 6.70. The molecule has 0 amide bonds. The third-order valence-corrected chi connectivity index (χ3v) is 9.52. The predicted molar refractivity (Wildman–Crippen MR) is 163 cm³/mol. The first-order chi connectivity index (χ1) is 21.3. The molecule has 2 aromatic heterocycles. The van der Waals surface area contributed by atoms with E-state index < -0.39 is 10.0 Å². The molecule has 3 aromatic carbocycles. The van der Waals surface area contributed by atoms with Gasteiger partial charge >= 0.3 is 0 Å². The smallest absolute Gasteiger partial charge is 0.254 e. The first-order valence-corrected chi connectivity index (χ1v) is 15.3. The van der Waals surface area contributed by atoms with Crippen LogP contribution in [0.15, 0.2) is 78.1 Å². The Kier molecular flexibility index (Phi) is 7.96. The molecular formula is C30H26ClN7O5S. The highest BCUT2D eigenvalue weighted by Gasteiger charge is 2.31. The summed E-state index contributed by atoms with van der Waals surface area (Å²) in [5.41, 5.74) is 1.82. The Labute approximate surface area is 258 Å². The van der Waals surface area contributed by atoms with Crippen molar-refractivity contribution in [2.24, 2.45) is 0 Å². The molecule has 1 saturated heterocycles. The van der Waals surface area contributed by atoms with E-state index in [1.165, 1.54) is 22.8 Å². The van der Waals surface area contributed by atoms with Crippen molar-refractivity contribution in [2.45, 2.75) is 4.90 Å². The topological polar surface area (TPSA) is 135 Å². The highest BCUT2D eigenvalue weighted by Crippen LogP contribution is 2.37. The van der Waals surface area contributed by atoms with Gasteiger partial charge in [0.25, 0.3) is 5.78 Å². The van der Waals surface area contributed by atoms with E-state index in [0.29, 0.717) is 36.1 Å². The van der Waals surface area contributed by atoms with Crippen molar-refractivity contribution in [1.29, 1.82) is 5.26 Å². The van der Waals surface area contributed by atoms with Gasteiger partial charge in [0.05, 0.1) is 24.1 Å². The van der Waals surface area contributed by atoms with Gasteiger partial charge in [0.1, 0.15) is 35.3 Å². The number of aromatic nitrogens is 4. The summed E-state index contributed by atoms with van der Waals surface area (Å²) in [4.78, 5) is 10.9. The molecule has 0 aliphatic carbocycles. The summed E-state index contributed by atoms with van der Waals surface area (Å²) in [6.45, 7) is 1.31. The number of ether oxygens (including phenoxy) is 3. The fourth-order valence-electron chi connectivity index (χ4n) is 5.07. The number of piperazine rings is 1. The van der Waals surface area contributed by atoms with Crippen LogP contribution in [0.3, 0.4) is 0 Å². The SMILES string of the molecule is COc1ccc(-c2cnc3ncnn3c2N2CCN(S(=O)(=O)c3ccc(Oc4cccc(Cl)c4C#N)cc3)CC2)cc1OC. The first kappa shape index (κ1) is 29.2. The lowest BCUT2D eigenvalue weighted by Gasteiger charge is -2.36. The molecule has 1 aliphatic rings. The molecule has 0 bridgehead atoms. The van der Waals surface area contributed by atoms with Crippen LogP contribution in [-0.4, -0.2) is 72.7 Å². The van der Waals surface area contributed by atoms with Gasteiger partial charge < -0.3 is 19.1 Å². The van der Waals surface area contributed by atoms with Crippen molar-refractivity contribution in [3.8, 4) is 40.2 Å². The summed E-state index contributed by atoms with van der Waals surface area (Å²) >= 11 is 6.09. The van der Waals surface area contributed by atoms with Crippen molar-refractivity contribution in [3.63, 3.8) is 0 Å². The number of fused-ring (bicyclic) bond motifs is 1. The summed E-state index contributed by atoms with van der Waals surface area (Å²) in [6.07, 6.45) is 3.17. The maximum atomic E-state index is 13.6. The van der Waals surface area contributed by atoms with Crippen molar-refractivity contribution in [2.75, 3.05) is 45.3 Å². The molecule has 3 heterocycles. The molecule has 0 radical (unpaired) electrons. The Morgan fingerprint density at radius 2 is 1.66 bits per heavy atom. The number of sulfonamides is 1. The molecule has 1 fully saturated rings. The van der Waals surface area contributed by atoms with Crippen LogP contribution in [0.2, 0.25) is 5.02 Å². The number of nitrogens with zero attached hydrogens (tertiary/aromatic N) is 7. The zero-order chi connectivity index (χ0) is 30.8. The lowest BCUT2D eigenvalue weighted by atomic mass is 10.1. The second kappa shape index (κ2) is 12.0. The Morgan fingerprint density at radius 3 is 2.36 bits per heavy atom. The summed E-state index contributed by atoms with van der Waals surface area (Å²) < 4.78 is 47.0. The van der Waals surface area contributed by atoms with Gasteiger partial charge in [-0.3, -0.25) is 0 Å². The number of benzene rings is 3. The van der Waals surface area contributed by atoms with E-state index in [9.17, 15) is 13.7 Å². The second-order valence-electron chi connectivity index (χ2n) is 9.73. The molecule has 44 heavy (non-hydrogen) atoms. The van der Waals surface area contributed by atoms with Gasteiger partial charge in [-0.15, -0.1) is 0 Å². The van der Waals surface area contributed by atoms with E-state index in [-0.39, 0.29) is 34.3 Å². The van der Waals surface area contributed by atoms with Gasteiger partial charge in [0.15, 0.2) is 11.5 Å². The number of methoxy groups -OCH3 is 2. The van der Waals surface area contributed by atoms with Crippen LogP contribution < -0.4 is 19.1 Å². The third-order valence-electron chi connectivity index (χ3n) is 7.29. The van der Waals surface area contributed by atoms with Crippen LogP contribution in [0.5, 0.6) is 23.0 Å². The van der Waals surface area contributed by atoms with Crippen molar-refractivity contribution in [3.05, 3.63) is 83.8 Å². The lowest BCUT2D eigenvalue weighted by molar-refractivity contribution is 0.355. The molecule has 5 aromatic rings. The number of nitriles is 1. The van der Waals surface area contributed by atoms with Crippen LogP contribution in [0.1, 0.15) is 5.56 Å². The number of hydrogen-bond donors (Lipinski definition) is 0. The Balaban J connectivity index is 1.22. The fraction of sp³-hybridized carbons (Fsp3) is 0.200. The van der Waals surface area contributed by atoms with Gasteiger partial charge in [-0.05, 0) is 54.1 Å². The highest BCUT2D eigenvalue weighted by molar-refractivity contribution is 7.89.